The molecule has 0 saturated carbocycles. The van der Waals surface area contributed by atoms with Crippen LogP contribution >= 0.6 is 45.7 Å². The van der Waals surface area contributed by atoms with Gasteiger partial charge in [-0.25, -0.2) is 0 Å². The molecule has 0 spiro atoms. The van der Waals surface area contributed by atoms with Crippen molar-refractivity contribution in [1.29, 1.82) is 0 Å². The first kappa shape index (κ1) is 11.7. The van der Waals surface area contributed by atoms with Crippen molar-refractivity contribution in [2.24, 2.45) is 0 Å². The lowest BCUT2D eigenvalue weighted by molar-refractivity contribution is 0.0776. The molecule has 0 unspecified atom stereocenters. The van der Waals surface area contributed by atoms with Gasteiger partial charge in [0.05, 0.1) is 7.76 Å². The standard InChI is InChI=1S/C10H12INOS2/c1-7-6-8(11)15-9(7)10(13)12-2-4-14-5-3-12/h6H,2-5H2,1H3. The summed E-state index contributed by atoms with van der Waals surface area (Å²) < 4.78 is 1.19. The van der Waals surface area contributed by atoms with Crippen LogP contribution < -0.4 is 0 Å². The van der Waals surface area contributed by atoms with Gasteiger partial charge in [0, 0.05) is 24.6 Å². The first-order valence-corrected chi connectivity index (χ1v) is 7.86. The Kier molecular flexibility index (Phi) is 3.95. The predicted octanol–water partition coefficient (Wildman–Crippen LogP) is 2.85. The molecule has 0 aliphatic carbocycles. The molecule has 1 aromatic heterocycles. The number of carbonyl (C=O) groups excluding carboxylic acids is 1. The van der Waals surface area contributed by atoms with Gasteiger partial charge in [0.1, 0.15) is 0 Å². The van der Waals surface area contributed by atoms with Crippen LogP contribution in [0.3, 0.4) is 0 Å². The summed E-state index contributed by atoms with van der Waals surface area (Å²) in [5, 5.41) is 0. The third kappa shape index (κ3) is 2.68. The van der Waals surface area contributed by atoms with E-state index in [1.165, 1.54) is 2.88 Å². The first-order chi connectivity index (χ1) is 7.18. The minimum Gasteiger partial charge on any atom is -0.336 e. The maximum Gasteiger partial charge on any atom is 0.264 e. The van der Waals surface area contributed by atoms with Crippen molar-refractivity contribution in [1.82, 2.24) is 4.90 Å². The highest BCUT2D eigenvalue weighted by Crippen LogP contribution is 2.25. The van der Waals surface area contributed by atoms with Gasteiger partial charge in [0.15, 0.2) is 0 Å². The second kappa shape index (κ2) is 5.05. The van der Waals surface area contributed by atoms with E-state index in [0.717, 1.165) is 35.0 Å². The maximum atomic E-state index is 12.2. The molecule has 1 amide bonds. The highest BCUT2D eigenvalue weighted by molar-refractivity contribution is 14.1. The Hall–Kier alpha value is 0.250. The van der Waals surface area contributed by atoms with Crippen LogP contribution in [-0.4, -0.2) is 35.4 Å². The Bertz CT molecular complexity index is 371. The molecule has 2 rings (SSSR count). The Morgan fingerprint density at radius 2 is 2.13 bits per heavy atom. The van der Waals surface area contributed by atoms with Gasteiger partial charge in [-0.2, -0.15) is 11.8 Å². The molecule has 1 fully saturated rings. The van der Waals surface area contributed by atoms with Crippen LogP contribution in [0.2, 0.25) is 0 Å². The number of thioether (sulfide) groups is 1. The van der Waals surface area contributed by atoms with Crippen molar-refractivity contribution in [2.45, 2.75) is 6.92 Å². The zero-order chi connectivity index (χ0) is 10.8. The van der Waals surface area contributed by atoms with Crippen LogP contribution in [0.5, 0.6) is 0 Å². The molecule has 0 N–H and O–H groups in total. The molecule has 0 atom stereocenters. The summed E-state index contributed by atoms with van der Waals surface area (Å²) in [7, 11) is 0. The van der Waals surface area contributed by atoms with Crippen LogP contribution in [0.25, 0.3) is 0 Å². The summed E-state index contributed by atoms with van der Waals surface area (Å²) in [6.45, 7) is 3.82. The highest BCUT2D eigenvalue weighted by atomic mass is 127. The van der Waals surface area contributed by atoms with Gasteiger partial charge in [0.2, 0.25) is 0 Å². The van der Waals surface area contributed by atoms with E-state index >= 15 is 0 Å². The fourth-order valence-electron chi connectivity index (χ4n) is 1.57. The van der Waals surface area contributed by atoms with Crippen LogP contribution in [0.1, 0.15) is 15.2 Å². The van der Waals surface area contributed by atoms with Gasteiger partial charge < -0.3 is 4.90 Å². The van der Waals surface area contributed by atoms with Crippen molar-refractivity contribution < 1.29 is 4.79 Å². The Balaban J connectivity index is 2.16. The number of aryl methyl sites for hydroxylation is 1. The van der Waals surface area contributed by atoms with E-state index < -0.39 is 0 Å². The fourth-order valence-corrected chi connectivity index (χ4v) is 4.46. The zero-order valence-electron chi connectivity index (χ0n) is 8.46. The SMILES string of the molecule is Cc1cc(I)sc1C(=O)N1CCSCC1. The number of hydrogen-bond acceptors (Lipinski definition) is 3. The molecule has 0 bridgehead atoms. The lowest BCUT2D eigenvalue weighted by atomic mass is 10.2. The number of hydrogen-bond donors (Lipinski definition) is 0. The maximum absolute atomic E-state index is 12.2. The average Bonchev–Trinajstić information content (AvgIpc) is 2.58. The summed E-state index contributed by atoms with van der Waals surface area (Å²) >= 11 is 5.81. The van der Waals surface area contributed by atoms with Crippen molar-refractivity contribution in [3.63, 3.8) is 0 Å². The normalized spacial score (nSPS) is 16.8. The third-order valence-electron chi connectivity index (χ3n) is 2.38. The summed E-state index contributed by atoms with van der Waals surface area (Å²) in [5.41, 5.74) is 1.12. The number of amides is 1. The monoisotopic (exact) mass is 353 g/mol. The van der Waals surface area contributed by atoms with Crippen LogP contribution in [-0.2, 0) is 0 Å². The van der Waals surface area contributed by atoms with Gasteiger partial charge in [-0.1, -0.05) is 0 Å². The van der Waals surface area contributed by atoms with E-state index in [1.807, 2.05) is 23.6 Å². The van der Waals surface area contributed by atoms with Crippen LogP contribution in [0.15, 0.2) is 6.07 Å². The fraction of sp³-hybridized carbons (Fsp3) is 0.500. The number of thiophene rings is 1. The molecule has 5 heteroatoms. The van der Waals surface area contributed by atoms with Gasteiger partial charge >= 0.3 is 0 Å². The Labute approximate surface area is 112 Å². The molecule has 82 valence electrons. The van der Waals surface area contributed by atoms with E-state index in [-0.39, 0.29) is 5.91 Å². The number of rotatable bonds is 1. The van der Waals surface area contributed by atoms with E-state index in [0.29, 0.717) is 0 Å². The summed E-state index contributed by atoms with van der Waals surface area (Å²) in [4.78, 5) is 15.1. The molecule has 1 saturated heterocycles. The smallest absolute Gasteiger partial charge is 0.264 e. The number of halogens is 1. The van der Waals surface area contributed by atoms with E-state index in [2.05, 4.69) is 28.7 Å². The molecule has 15 heavy (non-hydrogen) atoms. The molecule has 0 aromatic carbocycles. The quantitative estimate of drug-likeness (QED) is 0.724. The molecule has 1 aliphatic heterocycles. The average molecular weight is 353 g/mol. The molecular weight excluding hydrogens is 341 g/mol. The zero-order valence-corrected chi connectivity index (χ0v) is 12.2. The lowest BCUT2D eigenvalue weighted by Crippen LogP contribution is -2.37. The minimum absolute atomic E-state index is 0.223. The van der Waals surface area contributed by atoms with Crippen molar-refractivity contribution in [3.8, 4) is 0 Å². The summed E-state index contributed by atoms with van der Waals surface area (Å²) in [6, 6.07) is 2.08. The molecule has 2 heterocycles. The highest BCUT2D eigenvalue weighted by Gasteiger charge is 2.21. The predicted molar refractivity (Wildman–Crippen MR) is 75.0 cm³/mol. The van der Waals surface area contributed by atoms with Crippen molar-refractivity contribution in [2.75, 3.05) is 24.6 Å². The second-order valence-electron chi connectivity index (χ2n) is 3.47. The molecule has 1 aliphatic rings. The van der Waals surface area contributed by atoms with Crippen molar-refractivity contribution in [3.05, 3.63) is 19.4 Å². The van der Waals surface area contributed by atoms with Gasteiger partial charge in [-0.3, -0.25) is 4.79 Å². The topological polar surface area (TPSA) is 20.3 Å². The second-order valence-corrected chi connectivity index (χ2v) is 7.64. The van der Waals surface area contributed by atoms with Gasteiger partial charge in [-0.15, -0.1) is 11.3 Å². The first-order valence-electron chi connectivity index (χ1n) is 4.81. The van der Waals surface area contributed by atoms with E-state index in [9.17, 15) is 4.79 Å². The third-order valence-corrected chi connectivity index (χ3v) is 5.31. The summed E-state index contributed by atoms with van der Waals surface area (Å²) in [6.07, 6.45) is 0. The largest absolute Gasteiger partial charge is 0.336 e. The lowest BCUT2D eigenvalue weighted by Gasteiger charge is -2.26. The minimum atomic E-state index is 0.223. The Morgan fingerprint density at radius 3 is 2.67 bits per heavy atom. The van der Waals surface area contributed by atoms with Gasteiger partial charge in [-0.05, 0) is 41.1 Å². The van der Waals surface area contributed by atoms with Crippen LogP contribution in [0.4, 0.5) is 0 Å². The summed E-state index contributed by atoms with van der Waals surface area (Å²) in [5.74, 6) is 2.38. The number of carbonyl (C=O) groups is 1. The molecular formula is C10H12INOS2. The van der Waals surface area contributed by atoms with Gasteiger partial charge in [0.25, 0.3) is 5.91 Å². The Morgan fingerprint density at radius 1 is 1.47 bits per heavy atom. The number of nitrogens with zero attached hydrogens (tertiary/aromatic N) is 1. The van der Waals surface area contributed by atoms with Crippen molar-refractivity contribution >= 4 is 51.6 Å². The molecule has 0 radical (unpaired) electrons. The van der Waals surface area contributed by atoms with E-state index in [4.69, 9.17) is 0 Å². The van der Waals surface area contributed by atoms with E-state index in [1.54, 1.807) is 11.3 Å². The van der Waals surface area contributed by atoms with Crippen LogP contribution in [0, 0.1) is 9.81 Å². The molecule has 2 nitrogen and oxygen atoms in total. The molecule has 1 aromatic rings.